The minimum Gasteiger partial charge on any atom is -0.381 e. The van der Waals surface area contributed by atoms with Crippen LogP contribution in [0.25, 0.3) is 0 Å². The minimum absolute atomic E-state index is 0.468. The first-order valence-corrected chi connectivity index (χ1v) is 6.58. The van der Waals surface area contributed by atoms with E-state index in [9.17, 15) is 0 Å². The molecule has 0 spiro atoms. The second-order valence-corrected chi connectivity index (χ2v) is 5.36. The van der Waals surface area contributed by atoms with Gasteiger partial charge in [0.2, 0.25) is 0 Å². The summed E-state index contributed by atoms with van der Waals surface area (Å²) in [7, 11) is 1.79. The van der Waals surface area contributed by atoms with Crippen molar-refractivity contribution >= 4 is 11.6 Å². The van der Waals surface area contributed by atoms with Crippen LogP contribution in [-0.4, -0.2) is 25.3 Å². The first kappa shape index (κ1) is 12.9. The highest BCUT2D eigenvalue weighted by Gasteiger charge is 2.29. The van der Waals surface area contributed by atoms with Crippen molar-refractivity contribution < 1.29 is 4.74 Å². The molecule has 0 aliphatic heterocycles. The molecule has 1 aliphatic carbocycles. The lowest BCUT2D eigenvalue weighted by Crippen LogP contribution is -2.48. The summed E-state index contributed by atoms with van der Waals surface area (Å²) in [6, 6.07) is 9.22. The average molecular weight is 254 g/mol. The molecule has 2 nitrogen and oxygen atoms in total. The number of rotatable bonds is 5. The van der Waals surface area contributed by atoms with Gasteiger partial charge in [0.1, 0.15) is 0 Å². The van der Waals surface area contributed by atoms with Crippen LogP contribution in [0, 0.1) is 0 Å². The summed E-state index contributed by atoms with van der Waals surface area (Å²) in [6.07, 6.45) is 3.80. The Balaban J connectivity index is 1.74. The van der Waals surface area contributed by atoms with Crippen LogP contribution in [0.5, 0.6) is 0 Å². The van der Waals surface area contributed by atoms with E-state index in [4.69, 9.17) is 16.3 Å². The maximum Gasteiger partial charge on any atom is 0.0601 e. The van der Waals surface area contributed by atoms with Crippen molar-refractivity contribution in [2.24, 2.45) is 0 Å². The first-order chi connectivity index (χ1) is 8.17. The van der Waals surface area contributed by atoms with E-state index < -0.39 is 0 Å². The minimum atomic E-state index is 0.468. The average Bonchev–Trinajstić information content (AvgIpc) is 2.26. The van der Waals surface area contributed by atoms with Gasteiger partial charge in [0, 0.05) is 24.2 Å². The molecule has 94 valence electrons. The molecular weight excluding hydrogens is 234 g/mol. The van der Waals surface area contributed by atoms with Gasteiger partial charge in [0.05, 0.1) is 6.10 Å². The van der Waals surface area contributed by atoms with E-state index in [1.54, 1.807) is 7.11 Å². The molecule has 1 unspecified atom stereocenters. The lowest BCUT2D eigenvalue weighted by Gasteiger charge is -2.36. The van der Waals surface area contributed by atoms with Crippen LogP contribution in [0.3, 0.4) is 0 Å². The summed E-state index contributed by atoms with van der Waals surface area (Å²) in [5.74, 6) is 0. The largest absolute Gasteiger partial charge is 0.381 e. The Bertz CT molecular complexity index is 346. The number of methoxy groups -OCH3 is 1. The molecule has 0 heterocycles. The van der Waals surface area contributed by atoms with E-state index in [1.807, 2.05) is 12.1 Å². The van der Waals surface area contributed by atoms with Crippen LogP contribution in [0.4, 0.5) is 0 Å². The molecule has 0 radical (unpaired) electrons. The Morgan fingerprint density at radius 1 is 1.35 bits per heavy atom. The number of halogens is 1. The summed E-state index contributed by atoms with van der Waals surface area (Å²) in [4.78, 5) is 0. The smallest absolute Gasteiger partial charge is 0.0601 e. The molecule has 1 atom stereocenters. The molecule has 17 heavy (non-hydrogen) atoms. The van der Waals surface area contributed by atoms with Crippen molar-refractivity contribution in [2.45, 2.75) is 44.4 Å². The van der Waals surface area contributed by atoms with Crippen LogP contribution >= 0.6 is 11.6 Å². The third-order valence-electron chi connectivity index (χ3n) is 3.40. The van der Waals surface area contributed by atoms with Crippen molar-refractivity contribution in [2.75, 3.05) is 7.11 Å². The van der Waals surface area contributed by atoms with Gasteiger partial charge in [-0.05, 0) is 43.9 Å². The van der Waals surface area contributed by atoms with Crippen LogP contribution in [-0.2, 0) is 11.2 Å². The Hall–Kier alpha value is -0.570. The second-order valence-electron chi connectivity index (χ2n) is 4.92. The number of hydrogen-bond acceptors (Lipinski definition) is 2. The fraction of sp³-hybridized carbons (Fsp3) is 0.571. The highest BCUT2D eigenvalue weighted by atomic mass is 35.5. The Labute approximate surface area is 108 Å². The van der Waals surface area contributed by atoms with E-state index in [0.29, 0.717) is 18.2 Å². The molecule has 1 aromatic carbocycles. The normalized spacial score (nSPS) is 25.4. The molecule has 1 aromatic rings. The molecular formula is C14H20ClNO. The first-order valence-electron chi connectivity index (χ1n) is 6.20. The van der Waals surface area contributed by atoms with E-state index in [-0.39, 0.29) is 0 Å². The number of hydrogen-bond donors (Lipinski definition) is 1. The van der Waals surface area contributed by atoms with Crippen LogP contribution in [0.1, 0.15) is 25.3 Å². The lowest BCUT2D eigenvalue weighted by atomic mass is 9.88. The predicted molar refractivity (Wildman–Crippen MR) is 71.6 cm³/mol. The van der Waals surface area contributed by atoms with E-state index >= 15 is 0 Å². The van der Waals surface area contributed by atoms with Crippen LogP contribution in [0.15, 0.2) is 24.3 Å². The van der Waals surface area contributed by atoms with Gasteiger partial charge in [-0.2, -0.15) is 0 Å². The Kier molecular flexibility index (Phi) is 4.43. The molecule has 1 fully saturated rings. The van der Waals surface area contributed by atoms with Gasteiger partial charge in [-0.1, -0.05) is 23.7 Å². The maximum atomic E-state index is 5.87. The standard InChI is InChI=1S/C14H20ClNO/c1-10(16-13-8-14(9-13)17-2)7-11-3-5-12(15)6-4-11/h3-6,10,13-14,16H,7-9H2,1-2H3. The van der Waals surface area contributed by atoms with Crippen molar-refractivity contribution in [1.82, 2.24) is 5.32 Å². The van der Waals surface area contributed by atoms with Gasteiger partial charge < -0.3 is 10.1 Å². The number of nitrogens with one attached hydrogen (secondary N) is 1. The Morgan fingerprint density at radius 3 is 2.59 bits per heavy atom. The third-order valence-corrected chi connectivity index (χ3v) is 3.66. The van der Waals surface area contributed by atoms with Crippen LogP contribution < -0.4 is 5.32 Å². The topological polar surface area (TPSA) is 21.3 Å². The molecule has 1 aliphatic rings. The van der Waals surface area contributed by atoms with Crippen molar-refractivity contribution in [3.63, 3.8) is 0 Å². The van der Waals surface area contributed by atoms with Gasteiger partial charge in [0.25, 0.3) is 0 Å². The van der Waals surface area contributed by atoms with Gasteiger partial charge in [-0.15, -0.1) is 0 Å². The molecule has 1 saturated carbocycles. The number of benzene rings is 1. The monoisotopic (exact) mass is 253 g/mol. The quantitative estimate of drug-likeness (QED) is 0.871. The predicted octanol–water partition coefficient (Wildman–Crippen LogP) is 3.04. The summed E-state index contributed by atoms with van der Waals surface area (Å²) < 4.78 is 5.27. The zero-order chi connectivity index (χ0) is 12.3. The fourth-order valence-electron chi connectivity index (χ4n) is 2.33. The molecule has 3 heteroatoms. The highest BCUT2D eigenvalue weighted by Crippen LogP contribution is 2.23. The van der Waals surface area contributed by atoms with Crippen molar-refractivity contribution in [1.29, 1.82) is 0 Å². The summed E-state index contributed by atoms with van der Waals surface area (Å²) >= 11 is 5.87. The molecule has 1 N–H and O–H groups in total. The SMILES string of the molecule is COC1CC(NC(C)Cc2ccc(Cl)cc2)C1. The Morgan fingerprint density at radius 2 is 2.00 bits per heavy atom. The van der Waals surface area contributed by atoms with E-state index in [1.165, 1.54) is 5.56 Å². The molecule has 0 bridgehead atoms. The second kappa shape index (κ2) is 5.85. The third kappa shape index (κ3) is 3.70. The van der Waals surface area contributed by atoms with Crippen LogP contribution in [0.2, 0.25) is 5.02 Å². The van der Waals surface area contributed by atoms with Crippen molar-refractivity contribution in [3.05, 3.63) is 34.9 Å². The van der Waals surface area contributed by atoms with E-state index in [0.717, 1.165) is 24.3 Å². The summed E-state index contributed by atoms with van der Waals surface area (Å²) in [5.41, 5.74) is 1.33. The maximum absolute atomic E-state index is 5.87. The molecule has 2 rings (SSSR count). The van der Waals surface area contributed by atoms with Gasteiger partial charge in [0.15, 0.2) is 0 Å². The van der Waals surface area contributed by atoms with Gasteiger partial charge >= 0.3 is 0 Å². The number of ether oxygens (including phenoxy) is 1. The van der Waals surface area contributed by atoms with Gasteiger partial charge in [-0.3, -0.25) is 0 Å². The van der Waals surface area contributed by atoms with Crippen molar-refractivity contribution in [3.8, 4) is 0 Å². The zero-order valence-electron chi connectivity index (χ0n) is 10.4. The van der Waals surface area contributed by atoms with Gasteiger partial charge in [-0.25, -0.2) is 0 Å². The summed E-state index contributed by atoms with van der Waals surface area (Å²) in [6.45, 7) is 2.23. The fourth-order valence-corrected chi connectivity index (χ4v) is 2.46. The highest BCUT2D eigenvalue weighted by molar-refractivity contribution is 6.30. The summed E-state index contributed by atoms with van der Waals surface area (Å²) in [5, 5.41) is 4.43. The molecule has 0 aromatic heterocycles. The zero-order valence-corrected chi connectivity index (χ0v) is 11.2. The molecule has 0 saturated heterocycles. The lowest BCUT2D eigenvalue weighted by molar-refractivity contribution is 0.0148. The van der Waals surface area contributed by atoms with E-state index in [2.05, 4.69) is 24.4 Å². The molecule has 0 amide bonds.